The van der Waals surface area contributed by atoms with E-state index in [1.807, 2.05) is 37.3 Å². The molecule has 1 heterocycles. The summed E-state index contributed by atoms with van der Waals surface area (Å²) in [6.07, 6.45) is 3.09. The minimum Gasteiger partial charge on any atom is -0.353 e. The van der Waals surface area contributed by atoms with Gasteiger partial charge in [-0.3, -0.25) is 14.5 Å². The molecule has 2 aromatic rings. The third kappa shape index (κ3) is 4.22. The Morgan fingerprint density at radius 3 is 2.42 bits per heavy atom. The molecule has 4 rings (SSSR count). The molecule has 1 N–H and O–H groups in total. The molecule has 1 saturated carbocycles. The molecule has 1 aliphatic heterocycles. The third-order valence-electron chi connectivity index (χ3n) is 6.60. The van der Waals surface area contributed by atoms with Crippen molar-refractivity contribution >= 4 is 11.8 Å². The molecule has 2 atom stereocenters. The van der Waals surface area contributed by atoms with Crippen molar-refractivity contribution in [2.75, 3.05) is 6.61 Å². The van der Waals surface area contributed by atoms with Crippen molar-refractivity contribution in [1.29, 1.82) is 0 Å². The number of carbonyl (C=O) groups is 2. The van der Waals surface area contributed by atoms with Crippen LogP contribution >= 0.6 is 0 Å². The van der Waals surface area contributed by atoms with Gasteiger partial charge in [-0.05, 0) is 56.2 Å². The summed E-state index contributed by atoms with van der Waals surface area (Å²) < 4.78 is 20.6. The van der Waals surface area contributed by atoms with Gasteiger partial charge in [-0.2, -0.15) is 0 Å². The van der Waals surface area contributed by atoms with Crippen molar-refractivity contribution in [3.8, 4) is 0 Å². The lowest BCUT2D eigenvalue weighted by atomic mass is 9.83. The maximum absolute atomic E-state index is 14.5. The summed E-state index contributed by atoms with van der Waals surface area (Å²) in [7, 11) is 0. The van der Waals surface area contributed by atoms with Crippen molar-refractivity contribution < 1.29 is 18.7 Å². The van der Waals surface area contributed by atoms with Crippen LogP contribution in [0.4, 0.5) is 4.39 Å². The fourth-order valence-corrected chi connectivity index (χ4v) is 4.68. The van der Waals surface area contributed by atoms with Gasteiger partial charge in [0.1, 0.15) is 17.6 Å². The number of amides is 2. The predicted octanol–water partition coefficient (Wildman–Crippen LogP) is 4.45. The molecule has 2 aromatic carbocycles. The van der Waals surface area contributed by atoms with Crippen LogP contribution in [0.25, 0.3) is 0 Å². The summed E-state index contributed by atoms with van der Waals surface area (Å²) in [5.74, 6) is -0.824. The average molecular weight is 425 g/mol. The third-order valence-corrected chi connectivity index (χ3v) is 6.60. The first-order valence-corrected chi connectivity index (χ1v) is 11.0. The molecular weight excluding hydrogens is 395 g/mol. The Balaban J connectivity index is 1.62. The summed E-state index contributed by atoms with van der Waals surface area (Å²) in [5.41, 5.74) is 0.0898. The molecule has 2 fully saturated rings. The molecule has 1 spiro atoms. The number of halogens is 1. The number of hydrogen-bond acceptors (Lipinski definition) is 3. The van der Waals surface area contributed by atoms with Gasteiger partial charge in [0.15, 0.2) is 0 Å². The van der Waals surface area contributed by atoms with Gasteiger partial charge in [0, 0.05) is 0 Å². The maximum atomic E-state index is 14.5. The van der Waals surface area contributed by atoms with Gasteiger partial charge in [-0.15, -0.1) is 0 Å². The van der Waals surface area contributed by atoms with Crippen LogP contribution in [-0.4, -0.2) is 35.1 Å². The van der Waals surface area contributed by atoms with E-state index in [1.165, 1.54) is 17.0 Å². The van der Waals surface area contributed by atoms with Gasteiger partial charge in [0.05, 0.1) is 18.2 Å². The summed E-state index contributed by atoms with van der Waals surface area (Å²) in [4.78, 5) is 28.3. The molecule has 2 aliphatic rings. The van der Waals surface area contributed by atoms with E-state index in [2.05, 4.69) is 12.2 Å². The van der Waals surface area contributed by atoms with Gasteiger partial charge in [0.2, 0.25) is 5.91 Å². The molecule has 6 heteroatoms. The van der Waals surface area contributed by atoms with Gasteiger partial charge in [0.25, 0.3) is 5.91 Å². The Bertz CT molecular complexity index is 941. The first-order valence-electron chi connectivity index (χ1n) is 11.0. The van der Waals surface area contributed by atoms with Crippen molar-refractivity contribution in [3.63, 3.8) is 0 Å². The van der Waals surface area contributed by atoms with E-state index in [9.17, 15) is 14.0 Å². The highest BCUT2D eigenvalue weighted by molar-refractivity contribution is 5.98. The van der Waals surface area contributed by atoms with Gasteiger partial charge in [-0.1, -0.05) is 49.4 Å². The van der Waals surface area contributed by atoms with E-state index in [-0.39, 0.29) is 24.1 Å². The SMILES string of the molecule is CC1CCC2(CC1)OCC(C(=O)NC(C)c1ccccc1)N2C(=O)c1ccccc1F. The topological polar surface area (TPSA) is 58.6 Å². The minimum atomic E-state index is -0.857. The molecule has 0 radical (unpaired) electrons. The highest BCUT2D eigenvalue weighted by atomic mass is 19.1. The number of nitrogens with zero attached hydrogens (tertiary/aromatic N) is 1. The highest BCUT2D eigenvalue weighted by Crippen LogP contribution is 2.43. The van der Waals surface area contributed by atoms with E-state index >= 15 is 0 Å². The second-order valence-corrected chi connectivity index (χ2v) is 8.75. The zero-order chi connectivity index (χ0) is 22.0. The average Bonchev–Trinajstić information content (AvgIpc) is 3.15. The quantitative estimate of drug-likeness (QED) is 0.789. The molecule has 2 amide bonds. The van der Waals surface area contributed by atoms with E-state index in [0.717, 1.165) is 18.4 Å². The number of hydrogen-bond donors (Lipinski definition) is 1. The largest absolute Gasteiger partial charge is 0.353 e. The molecule has 31 heavy (non-hydrogen) atoms. The molecule has 1 saturated heterocycles. The van der Waals surface area contributed by atoms with E-state index in [4.69, 9.17) is 4.74 Å². The first kappa shape index (κ1) is 21.5. The maximum Gasteiger partial charge on any atom is 0.259 e. The van der Waals surface area contributed by atoms with E-state index in [1.54, 1.807) is 12.1 Å². The van der Waals surface area contributed by atoms with Crippen molar-refractivity contribution in [3.05, 3.63) is 71.5 Å². The highest BCUT2D eigenvalue weighted by Gasteiger charge is 2.54. The fraction of sp³-hybridized carbons (Fsp3) is 0.440. The standard InChI is InChI=1S/C25H29FN2O3/c1-17-12-14-25(15-13-17)28(24(30)20-10-6-7-11-21(20)26)22(16-31-25)23(29)27-18(2)19-8-4-3-5-9-19/h3-11,17-18,22H,12-16H2,1-2H3,(H,27,29). The number of nitrogens with one attached hydrogen (secondary N) is 1. The minimum absolute atomic E-state index is 0.0279. The number of benzene rings is 2. The van der Waals surface area contributed by atoms with Gasteiger partial charge >= 0.3 is 0 Å². The Kier molecular flexibility index (Phi) is 6.10. The number of carbonyl (C=O) groups excluding carboxylic acids is 2. The Labute approximate surface area is 182 Å². The van der Waals surface area contributed by atoms with Crippen LogP contribution in [0.2, 0.25) is 0 Å². The molecule has 5 nitrogen and oxygen atoms in total. The lowest BCUT2D eigenvalue weighted by Gasteiger charge is -2.43. The molecule has 0 bridgehead atoms. The Hall–Kier alpha value is -2.73. The van der Waals surface area contributed by atoms with Gasteiger partial charge in [-0.25, -0.2) is 4.39 Å². The molecule has 1 aliphatic carbocycles. The van der Waals surface area contributed by atoms with Crippen LogP contribution in [0.3, 0.4) is 0 Å². The van der Waals surface area contributed by atoms with Crippen molar-refractivity contribution in [2.24, 2.45) is 5.92 Å². The summed E-state index contributed by atoms with van der Waals surface area (Å²) in [6.45, 7) is 4.20. The number of ether oxygens (including phenoxy) is 1. The predicted molar refractivity (Wildman–Crippen MR) is 116 cm³/mol. The fourth-order valence-electron chi connectivity index (χ4n) is 4.68. The van der Waals surface area contributed by atoms with Crippen LogP contribution in [0, 0.1) is 11.7 Å². The first-order chi connectivity index (χ1) is 14.9. The van der Waals surface area contributed by atoms with Crippen LogP contribution < -0.4 is 5.32 Å². The van der Waals surface area contributed by atoms with Crippen LogP contribution in [0.5, 0.6) is 0 Å². The zero-order valence-electron chi connectivity index (χ0n) is 18.0. The van der Waals surface area contributed by atoms with E-state index < -0.39 is 23.5 Å². The van der Waals surface area contributed by atoms with Crippen molar-refractivity contribution in [1.82, 2.24) is 10.2 Å². The smallest absolute Gasteiger partial charge is 0.259 e. The van der Waals surface area contributed by atoms with Crippen LogP contribution in [0.15, 0.2) is 54.6 Å². The second kappa shape index (κ2) is 8.79. The summed E-state index contributed by atoms with van der Waals surface area (Å²) in [6, 6.07) is 14.6. The molecule has 2 unspecified atom stereocenters. The molecule has 0 aromatic heterocycles. The summed E-state index contributed by atoms with van der Waals surface area (Å²) in [5, 5.41) is 3.01. The second-order valence-electron chi connectivity index (χ2n) is 8.75. The lowest BCUT2D eigenvalue weighted by Crippen LogP contribution is -2.57. The molecular formula is C25H29FN2O3. The summed E-state index contributed by atoms with van der Waals surface area (Å²) >= 11 is 0. The zero-order valence-corrected chi connectivity index (χ0v) is 18.0. The monoisotopic (exact) mass is 424 g/mol. The normalized spacial score (nSPS) is 26.6. The lowest BCUT2D eigenvalue weighted by molar-refractivity contribution is -0.128. The Morgan fingerprint density at radius 1 is 1.10 bits per heavy atom. The van der Waals surface area contributed by atoms with Crippen LogP contribution in [-0.2, 0) is 9.53 Å². The van der Waals surface area contributed by atoms with Crippen molar-refractivity contribution in [2.45, 2.75) is 57.3 Å². The van der Waals surface area contributed by atoms with Crippen LogP contribution in [0.1, 0.15) is 61.5 Å². The van der Waals surface area contributed by atoms with E-state index in [0.29, 0.717) is 18.8 Å². The molecule has 164 valence electrons. The Morgan fingerprint density at radius 2 is 1.74 bits per heavy atom. The number of rotatable bonds is 4. The van der Waals surface area contributed by atoms with Gasteiger partial charge < -0.3 is 10.1 Å².